The van der Waals surface area contributed by atoms with Gasteiger partial charge in [-0.15, -0.1) is 0 Å². The van der Waals surface area contributed by atoms with Crippen LogP contribution in [-0.2, 0) is 11.2 Å². The molecule has 0 spiro atoms. The number of nitrogens with zero attached hydrogens (tertiary/aromatic N) is 1. The zero-order valence-corrected chi connectivity index (χ0v) is 5.92. The molecule has 1 heterocycles. The Morgan fingerprint density at radius 1 is 1.75 bits per heavy atom. The average Bonchev–Trinajstić information content (AvgIpc) is 2.38. The van der Waals surface area contributed by atoms with E-state index in [-0.39, 0.29) is 5.69 Å². The van der Waals surface area contributed by atoms with Crippen LogP contribution >= 0.6 is 0 Å². The number of aliphatic carboxylic acids is 1. The van der Waals surface area contributed by atoms with Crippen molar-refractivity contribution in [1.82, 2.24) is 10.2 Å². The molecule has 1 aromatic rings. The van der Waals surface area contributed by atoms with E-state index in [1.54, 1.807) is 0 Å². The third kappa shape index (κ3) is 1.77. The predicted octanol–water partition coefficient (Wildman–Crippen LogP) is 0.672. The number of hydrogen-bond acceptors (Lipinski definition) is 2. The maximum Gasteiger partial charge on any atom is 0.374 e. The van der Waals surface area contributed by atoms with E-state index < -0.39 is 18.3 Å². The van der Waals surface area contributed by atoms with Crippen molar-refractivity contribution in [3.8, 4) is 0 Å². The fourth-order valence-corrected chi connectivity index (χ4v) is 0.698. The molecular formula is C6H6F2N2O2. The van der Waals surface area contributed by atoms with Crippen molar-refractivity contribution in [2.75, 3.05) is 0 Å². The molecule has 0 aliphatic heterocycles. The van der Waals surface area contributed by atoms with Crippen LogP contribution in [0.3, 0.4) is 0 Å². The van der Waals surface area contributed by atoms with Crippen molar-refractivity contribution >= 4 is 5.97 Å². The largest absolute Gasteiger partial charge is 0.477 e. The van der Waals surface area contributed by atoms with E-state index in [0.717, 1.165) is 0 Å². The molecule has 2 N–H and O–H groups in total. The van der Waals surface area contributed by atoms with Crippen LogP contribution in [0.1, 0.15) is 5.69 Å². The Morgan fingerprint density at radius 3 is 2.83 bits per heavy atom. The van der Waals surface area contributed by atoms with Crippen molar-refractivity contribution in [3.63, 3.8) is 0 Å². The summed E-state index contributed by atoms with van der Waals surface area (Å²) in [5.74, 6) is -5.86. The normalized spacial score (nSPS) is 11.5. The summed E-state index contributed by atoms with van der Waals surface area (Å²) < 4.78 is 24.9. The Balaban J connectivity index is 2.69. The third-order valence-electron chi connectivity index (χ3n) is 1.28. The van der Waals surface area contributed by atoms with Crippen molar-refractivity contribution in [1.29, 1.82) is 0 Å². The van der Waals surface area contributed by atoms with Crippen LogP contribution in [-0.4, -0.2) is 27.2 Å². The van der Waals surface area contributed by atoms with Crippen LogP contribution < -0.4 is 0 Å². The summed E-state index contributed by atoms with van der Waals surface area (Å²) in [6, 6.07) is 1.30. The molecule has 0 bridgehead atoms. The number of hydrogen-bond donors (Lipinski definition) is 2. The first kappa shape index (κ1) is 8.63. The van der Waals surface area contributed by atoms with Gasteiger partial charge in [0, 0.05) is 11.9 Å². The van der Waals surface area contributed by atoms with Crippen molar-refractivity contribution in [2.24, 2.45) is 0 Å². The molecule has 0 aliphatic carbocycles. The zero-order valence-electron chi connectivity index (χ0n) is 5.92. The SMILES string of the molecule is O=C(O)C(F)(F)Cc1ccn[nH]1. The number of H-pyrrole nitrogens is 1. The maximum atomic E-state index is 12.5. The highest BCUT2D eigenvalue weighted by molar-refractivity contribution is 5.75. The van der Waals surface area contributed by atoms with E-state index in [2.05, 4.69) is 10.2 Å². The first-order chi connectivity index (χ1) is 5.52. The number of carbonyl (C=O) groups is 1. The molecule has 66 valence electrons. The van der Waals surface area contributed by atoms with E-state index in [4.69, 9.17) is 5.11 Å². The number of halogens is 2. The molecule has 0 aromatic carbocycles. The predicted molar refractivity (Wildman–Crippen MR) is 34.9 cm³/mol. The number of aromatic amines is 1. The lowest BCUT2D eigenvalue weighted by Crippen LogP contribution is -2.30. The van der Waals surface area contributed by atoms with E-state index >= 15 is 0 Å². The van der Waals surface area contributed by atoms with Gasteiger partial charge in [-0.2, -0.15) is 13.9 Å². The molecule has 0 radical (unpaired) electrons. The standard InChI is InChI=1S/C6H6F2N2O2/c7-6(8,5(11)12)3-4-1-2-9-10-4/h1-2H,3H2,(H,9,10)(H,11,12). The molecule has 6 heteroatoms. The van der Waals surface area contributed by atoms with Gasteiger partial charge in [-0.05, 0) is 6.07 Å². The summed E-state index contributed by atoms with van der Waals surface area (Å²) in [6.07, 6.45) is 0.426. The van der Waals surface area contributed by atoms with Crippen LogP contribution in [0.15, 0.2) is 12.3 Å². The molecule has 4 nitrogen and oxygen atoms in total. The van der Waals surface area contributed by atoms with Gasteiger partial charge in [-0.25, -0.2) is 4.79 Å². The summed E-state index contributed by atoms with van der Waals surface area (Å²) in [7, 11) is 0. The Hall–Kier alpha value is -1.46. The molecule has 0 amide bonds. The smallest absolute Gasteiger partial charge is 0.374 e. The third-order valence-corrected chi connectivity index (χ3v) is 1.28. The van der Waals surface area contributed by atoms with Gasteiger partial charge >= 0.3 is 11.9 Å². The lowest BCUT2D eigenvalue weighted by atomic mass is 10.2. The second-order valence-corrected chi connectivity index (χ2v) is 2.27. The average molecular weight is 176 g/mol. The van der Waals surface area contributed by atoms with Gasteiger partial charge in [0.05, 0.1) is 6.42 Å². The number of carboxylic acid groups (broad SMARTS) is 1. The minimum absolute atomic E-state index is 0.0994. The number of carboxylic acids is 1. The van der Waals surface area contributed by atoms with Gasteiger partial charge in [-0.1, -0.05) is 0 Å². The summed E-state index contributed by atoms with van der Waals surface area (Å²) >= 11 is 0. The Bertz CT molecular complexity index is 271. The molecular weight excluding hydrogens is 170 g/mol. The highest BCUT2D eigenvalue weighted by Crippen LogP contribution is 2.18. The lowest BCUT2D eigenvalue weighted by Gasteiger charge is -2.08. The molecule has 0 saturated carbocycles. The molecule has 0 unspecified atom stereocenters. The van der Waals surface area contributed by atoms with E-state index in [1.165, 1.54) is 12.3 Å². The molecule has 1 aromatic heterocycles. The van der Waals surface area contributed by atoms with E-state index in [1.807, 2.05) is 0 Å². The van der Waals surface area contributed by atoms with Gasteiger partial charge in [0.2, 0.25) is 0 Å². The highest BCUT2D eigenvalue weighted by atomic mass is 19.3. The van der Waals surface area contributed by atoms with Crippen LogP contribution in [0, 0.1) is 0 Å². The molecule has 0 fully saturated rings. The first-order valence-electron chi connectivity index (χ1n) is 3.12. The number of rotatable bonds is 3. The van der Waals surface area contributed by atoms with Gasteiger partial charge in [0.25, 0.3) is 0 Å². The molecule has 0 saturated heterocycles. The number of aromatic nitrogens is 2. The monoisotopic (exact) mass is 176 g/mol. The van der Waals surface area contributed by atoms with Crippen LogP contribution in [0.4, 0.5) is 8.78 Å². The molecule has 0 atom stereocenters. The molecule has 12 heavy (non-hydrogen) atoms. The quantitative estimate of drug-likeness (QED) is 0.711. The fourth-order valence-electron chi connectivity index (χ4n) is 0.698. The number of alkyl halides is 2. The minimum Gasteiger partial charge on any atom is -0.477 e. The Labute approximate surface area is 66.2 Å². The van der Waals surface area contributed by atoms with Crippen LogP contribution in [0.25, 0.3) is 0 Å². The fraction of sp³-hybridized carbons (Fsp3) is 0.333. The summed E-state index contributed by atoms with van der Waals surface area (Å²) in [6.45, 7) is 0. The zero-order chi connectivity index (χ0) is 9.19. The lowest BCUT2D eigenvalue weighted by molar-refractivity contribution is -0.164. The summed E-state index contributed by atoms with van der Waals surface area (Å²) in [4.78, 5) is 9.96. The van der Waals surface area contributed by atoms with Crippen LogP contribution in [0.5, 0.6) is 0 Å². The molecule has 1 rings (SSSR count). The Morgan fingerprint density at radius 2 is 2.42 bits per heavy atom. The second-order valence-electron chi connectivity index (χ2n) is 2.27. The van der Waals surface area contributed by atoms with Crippen molar-refractivity contribution < 1.29 is 18.7 Å². The number of nitrogens with one attached hydrogen (secondary N) is 1. The highest BCUT2D eigenvalue weighted by Gasteiger charge is 2.39. The summed E-state index contributed by atoms with van der Waals surface area (Å²) in [5.41, 5.74) is 0.0994. The van der Waals surface area contributed by atoms with Crippen LogP contribution in [0.2, 0.25) is 0 Å². The minimum atomic E-state index is -3.73. The van der Waals surface area contributed by atoms with Gasteiger partial charge in [0.15, 0.2) is 0 Å². The Kier molecular flexibility index (Phi) is 2.07. The van der Waals surface area contributed by atoms with Crippen molar-refractivity contribution in [2.45, 2.75) is 12.3 Å². The first-order valence-corrected chi connectivity index (χ1v) is 3.12. The van der Waals surface area contributed by atoms with Crippen molar-refractivity contribution in [3.05, 3.63) is 18.0 Å². The van der Waals surface area contributed by atoms with Gasteiger partial charge in [0.1, 0.15) is 0 Å². The topological polar surface area (TPSA) is 66.0 Å². The molecule has 0 aliphatic rings. The van der Waals surface area contributed by atoms with E-state index in [0.29, 0.717) is 0 Å². The van der Waals surface area contributed by atoms with Gasteiger partial charge in [-0.3, -0.25) is 5.10 Å². The second kappa shape index (κ2) is 2.88. The summed E-state index contributed by atoms with van der Waals surface area (Å²) in [5, 5.41) is 13.7. The van der Waals surface area contributed by atoms with E-state index in [9.17, 15) is 13.6 Å². The van der Waals surface area contributed by atoms with Gasteiger partial charge < -0.3 is 5.11 Å². The maximum absolute atomic E-state index is 12.5.